The molecule has 6 nitrogen and oxygen atoms in total. The van der Waals surface area contributed by atoms with Crippen LogP contribution in [0.1, 0.15) is 26.8 Å². The molecule has 2 aromatic carbocycles. The summed E-state index contributed by atoms with van der Waals surface area (Å²) in [5.41, 5.74) is 1.47. The number of nitrogens with zero attached hydrogens (tertiary/aromatic N) is 3. The first kappa shape index (κ1) is 25.3. The van der Waals surface area contributed by atoms with Gasteiger partial charge in [0.2, 0.25) is 10.9 Å². The van der Waals surface area contributed by atoms with Crippen molar-refractivity contribution in [2.45, 2.75) is 16.1 Å². The van der Waals surface area contributed by atoms with Crippen LogP contribution in [0.25, 0.3) is 0 Å². The Morgan fingerprint density at radius 2 is 1.81 bits per heavy atom. The molecule has 2 aromatic heterocycles. The van der Waals surface area contributed by atoms with E-state index in [-0.39, 0.29) is 10.7 Å². The average Bonchev–Trinajstić information content (AvgIpc) is 3.60. The van der Waals surface area contributed by atoms with Gasteiger partial charge < -0.3 is 5.11 Å². The first-order chi connectivity index (χ1) is 17.3. The number of thiophene rings is 1. The number of anilines is 1. The molecule has 3 heterocycles. The van der Waals surface area contributed by atoms with Gasteiger partial charge in [0, 0.05) is 20.8 Å². The zero-order valence-electron chi connectivity index (χ0n) is 18.0. The van der Waals surface area contributed by atoms with Crippen LogP contribution in [-0.2, 0) is 10.5 Å². The second-order valence-electron chi connectivity index (χ2n) is 7.57. The molecule has 1 aliphatic rings. The fraction of sp³-hybridized carbons (Fsp3) is 0.0833. The van der Waals surface area contributed by atoms with Gasteiger partial charge in [-0.15, -0.1) is 21.5 Å². The van der Waals surface area contributed by atoms with Gasteiger partial charge >= 0.3 is 0 Å². The Morgan fingerprint density at radius 3 is 2.50 bits per heavy atom. The monoisotopic (exact) mass is 593 g/mol. The molecular weight excluding hydrogens is 581 g/mol. The Bertz CT molecular complexity index is 1490. The minimum absolute atomic E-state index is 0.0119. The smallest absolute Gasteiger partial charge is 0.296 e. The van der Waals surface area contributed by atoms with Crippen molar-refractivity contribution in [1.29, 1.82) is 0 Å². The van der Waals surface area contributed by atoms with Crippen LogP contribution in [0.5, 0.6) is 0 Å². The van der Waals surface area contributed by atoms with E-state index >= 15 is 0 Å². The third-order valence-corrected chi connectivity index (χ3v) is 9.16. The van der Waals surface area contributed by atoms with E-state index in [9.17, 15) is 14.7 Å². The molecule has 0 spiro atoms. The summed E-state index contributed by atoms with van der Waals surface area (Å²) in [6, 6.07) is 14.5. The minimum Gasteiger partial charge on any atom is -0.503 e. The third-order valence-electron chi connectivity index (χ3n) is 5.35. The number of Topliss-reactive ketones (excluding diaryl/α,β-unsaturated/α-hetero) is 1. The average molecular weight is 595 g/mol. The first-order valence-electron chi connectivity index (χ1n) is 10.3. The van der Waals surface area contributed by atoms with Crippen LogP contribution in [0, 0.1) is 0 Å². The number of hydrogen-bond acceptors (Lipinski definition) is 8. The molecule has 0 saturated carbocycles. The highest BCUT2D eigenvalue weighted by Crippen LogP contribution is 2.44. The SMILES string of the molecule is O=C(C1=C(O)C(=O)N(c2nnc(SCc3ccc(Cl)cc3Cl)s2)C1c1ccc(Cl)cc1)c1cccs1. The Hall–Kier alpha value is -2.40. The van der Waals surface area contributed by atoms with Crippen LogP contribution in [0.4, 0.5) is 5.13 Å². The minimum atomic E-state index is -0.888. The van der Waals surface area contributed by atoms with E-state index in [4.69, 9.17) is 34.8 Å². The summed E-state index contributed by atoms with van der Waals surface area (Å²) in [5.74, 6) is -1.23. The van der Waals surface area contributed by atoms with Gasteiger partial charge in [-0.3, -0.25) is 14.5 Å². The maximum Gasteiger partial charge on any atom is 0.296 e. The molecule has 1 atom stereocenters. The van der Waals surface area contributed by atoms with Crippen LogP contribution in [-0.4, -0.2) is 27.0 Å². The summed E-state index contributed by atoms with van der Waals surface area (Å²) in [7, 11) is 0. The lowest BCUT2D eigenvalue weighted by Gasteiger charge is -2.24. The molecule has 36 heavy (non-hydrogen) atoms. The lowest BCUT2D eigenvalue weighted by Crippen LogP contribution is -2.31. The molecule has 0 saturated heterocycles. The molecule has 1 N–H and O–H groups in total. The van der Waals surface area contributed by atoms with Crippen molar-refractivity contribution in [3.63, 3.8) is 0 Å². The predicted octanol–water partition coefficient (Wildman–Crippen LogP) is 7.64. The second kappa shape index (κ2) is 10.5. The molecule has 0 radical (unpaired) electrons. The van der Waals surface area contributed by atoms with Crippen molar-refractivity contribution < 1.29 is 14.7 Å². The Morgan fingerprint density at radius 1 is 1.06 bits per heavy atom. The maximum absolute atomic E-state index is 13.3. The van der Waals surface area contributed by atoms with Crippen LogP contribution in [0.15, 0.2) is 75.6 Å². The molecule has 1 unspecified atom stereocenters. The van der Waals surface area contributed by atoms with Gasteiger partial charge in [0.25, 0.3) is 5.91 Å². The van der Waals surface area contributed by atoms with Crippen LogP contribution in [0.3, 0.4) is 0 Å². The summed E-state index contributed by atoms with van der Waals surface area (Å²) in [6.07, 6.45) is 0. The third kappa shape index (κ3) is 4.91. The molecule has 1 amide bonds. The number of rotatable bonds is 7. The van der Waals surface area contributed by atoms with E-state index < -0.39 is 23.5 Å². The lowest BCUT2D eigenvalue weighted by atomic mass is 9.95. The van der Waals surface area contributed by atoms with Crippen LogP contribution in [0.2, 0.25) is 15.1 Å². The fourth-order valence-electron chi connectivity index (χ4n) is 3.67. The zero-order chi connectivity index (χ0) is 25.4. The topological polar surface area (TPSA) is 83.4 Å². The van der Waals surface area contributed by atoms with Gasteiger partial charge in [0.05, 0.1) is 16.5 Å². The Kier molecular flexibility index (Phi) is 7.39. The zero-order valence-corrected chi connectivity index (χ0v) is 22.7. The maximum atomic E-state index is 13.3. The largest absolute Gasteiger partial charge is 0.503 e. The van der Waals surface area contributed by atoms with Crippen molar-refractivity contribution in [3.05, 3.63) is 102 Å². The lowest BCUT2D eigenvalue weighted by molar-refractivity contribution is -0.117. The number of thioether (sulfide) groups is 1. The molecule has 12 heteroatoms. The number of halogens is 3. The van der Waals surface area contributed by atoms with Crippen molar-refractivity contribution >= 4 is 86.1 Å². The summed E-state index contributed by atoms with van der Waals surface area (Å²) < 4.78 is 0.594. The van der Waals surface area contributed by atoms with E-state index in [2.05, 4.69) is 10.2 Å². The van der Waals surface area contributed by atoms with Gasteiger partial charge in [-0.1, -0.05) is 82.2 Å². The van der Waals surface area contributed by atoms with Crippen molar-refractivity contribution in [3.8, 4) is 0 Å². The molecule has 182 valence electrons. The number of aromatic nitrogens is 2. The van der Waals surface area contributed by atoms with Gasteiger partial charge in [-0.25, -0.2) is 0 Å². The molecule has 0 aliphatic carbocycles. The normalized spacial score (nSPS) is 15.7. The fourth-order valence-corrected chi connectivity index (χ4v) is 6.90. The Labute approximate surface area is 233 Å². The number of hydrogen-bond donors (Lipinski definition) is 1. The van der Waals surface area contributed by atoms with Gasteiger partial charge in [-0.05, 0) is 46.8 Å². The van der Waals surface area contributed by atoms with Gasteiger partial charge in [0.1, 0.15) is 0 Å². The number of benzene rings is 2. The quantitative estimate of drug-likeness (QED) is 0.135. The summed E-state index contributed by atoms with van der Waals surface area (Å²) >= 11 is 22.1. The highest BCUT2D eigenvalue weighted by atomic mass is 35.5. The van der Waals surface area contributed by atoms with Crippen molar-refractivity contribution in [2.24, 2.45) is 0 Å². The molecule has 0 bridgehead atoms. The van der Waals surface area contributed by atoms with Crippen molar-refractivity contribution in [2.75, 3.05) is 4.90 Å². The second-order valence-corrected chi connectivity index (χ2v) is 12.0. The van der Waals surface area contributed by atoms with Gasteiger partial charge in [0.15, 0.2) is 10.1 Å². The summed E-state index contributed by atoms with van der Waals surface area (Å²) in [4.78, 5) is 28.3. The van der Waals surface area contributed by atoms with Crippen LogP contribution < -0.4 is 4.90 Å². The van der Waals surface area contributed by atoms with Crippen LogP contribution >= 0.6 is 69.2 Å². The molecule has 4 aromatic rings. The first-order valence-corrected chi connectivity index (χ1v) is 14.2. The number of amides is 1. The Balaban J connectivity index is 1.48. The summed E-state index contributed by atoms with van der Waals surface area (Å²) in [5, 5.41) is 22.9. The number of aliphatic hydroxyl groups is 1. The van der Waals surface area contributed by atoms with E-state index in [1.165, 1.54) is 39.3 Å². The van der Waals surface area contributed by atoms with E-state index in [1.54, 1.807) is 53.9 Å². The predicted molar refractivity (Wildman–Crippen MR) is 146 cm³/mol. The van der Waals surface area contributed by atoms with E-state index in [0.29, 0.717) is 35.6 Å². The number of aliphatic hydroxyl groups excluding tert-OH is 1. The molecular formula is C24H14Cl3N3O3S3. The highest BCUT2D eigenvalue weighted by molar-refractivity contribution is 8.00. The highest BCUT2D eigenvalue weighted by Gasteiger charge is 2.46. The van der Waals surface area contributed by atoms with Gasteiger partial charge in [-0.2, -0.15) is 0 Å². The van der Waals surface area contributed by atoms with Crippen molar-refractivity contribution in [1.82, 2.24) is 10.2 Å². The number of carbonyl (C=O) groups is 2. The standard InChI is InChI=1S/C24H14Cl3N3O3S3/c25-14-6-3-12(4-7-14)19-18(20(31)17-2-1-9-34-17)21(32)22(33)30(19)23-28-29-24(36-23)35-11-13-5-8-15(26)10-16(13)27/h1-10,19,32H,11H2. The molecule has 5 rings (SSSR count). The van der Waals surface area contributed by atoms with E-state index in [0.717, 1.165) is 5.56 Å². The number of ketones is 1. The summed E-state index contributed by atoms with van der Waals surface area (Å²) in [6.45, 7) is 0. The number of carbonyl (C=O) groups excluding carboxylic acids is 2. The molecule has 1 aliphatic heterocycles. The molecule has 0 fully saturated rings. The van der Waals surface area contributed by atoms with E-state index in [1.807, 2.05) is 6.07 Å².